The lowest BCUT2D eigenvalue weighted by molar-refractivity contribution is -0.174. The number of aromatic nitrogens is 1. The Bertz CT molecular complexity index is 766. The first-order valence-electron chi connectivity index (χ1n) is 8.07. The Kier molecular flexibility index (Phi) is 5.80. The van der Waals surface area contributed by atoms with Gasteiger partial charge in [-0.2, -0.15) is 13.2 Å². The van der Waals surface area contributed by atoms with Crippen LogP contribution in [-0.2, 0) is 10.2 Å². The van der Waals surface area contributed by atoms with Crippen molar-refractivity contribution in [2.45, 2.75) is 45.3 Å². The van der Waals surface area contributed by atoms with E-state index in [1.165, 1.54) is 0 Å². The van der Waals surface area contributed by atoms with Crippen LogP contribution in [0.25, 0.3) is 11.1 Å². The molecular weight excluding hydrogens is 351 g/mol. The number of carbonyl (C=O) groups is 1. The summed E-state index contributed by atoms with van der Waals surface area (Å²) < 4.78 is 46.3. The summed E-state index contributed by atoms with van der Waals surface area (Å²) in [5, 5.41) is 5.12. The number of amides is 2. The van der Waals surface area contributed by atoms with E-state index < -0.39 is 24.9 Å². The van der Waals surface area contributed by atoms with E-state index in [-0.39, 0.29) is 12.0 Å². The second-order valence-corrected chi connectivity index (χ2v) is 7.08. The summed E-state index contributed by atoms with van der Waals surface area (Å²) in [4.78, 5) is 16.4. The first-order valence-corrected chi connectivity index (χ1v) is 8.07. The molecule has 0 bridgehead atoms. The third-order valence-corrected chi connectivity index (χ3v) is 3.30. The summed E-state index contributed by atoms with van der Waals surface area (Å²) in [7, 11) is 0. The number of nitrogens with zero attached hydrogens (tertiary/aromatic N) is 1. The predicted molar refractivity (Wildman–Crippen MR) is 91.2 cm³/mol. The second kappa shape index (κ2) is 7.53. The Labute approximate surface area is 149 Å². The Hall–Kier alpha value is -2.29. The normalized spacial score (nSPS) is 13.7. The Morgan fingerprint density at radius 3 is 2.62 bits per heavy atom. The molecule has 1 heterocycles. The third kappa shape index (κ3) is 5.91. The van der Waals surface area contributed by atoms with Crippen LogP contribution in [0.3, 0.4) is 0 Å². The SMILES string of the molecule is CC(COCC(F)(F)F)NC(=O)Nc1ccc2oc(C(C)(C)C)nc2c1. The highest BCUT2D eigenvalue weighted by molar-refractivity contribution is 5.91. The lowest BCUT2D eigenvalue weighted by atomic mass is 9.97. The molecule has 1 aromatic carbocycles. The van der Waals surface area contributed by atoms with E-state index in [1.807, 2.05) is 20.8 Å². The number of alkyl halides is 3. The molecule has 9 heteroatoms. The van der Waals surface area contributed by atoms with Gasteiger partial charge < -0.3 is 19.8 Å². The van der Waals surface area contributed by atoms with Gasteiger partial charge in [-0.1, -0.05) is 20.8 Å². The first kappa shape index (κ1) is 20.0. The predicted octanol–water partition coefficient (Wildman–Crippen LogP) is 4.21. The lowest BCUT2D eigenvalue weighted by Gasteiger charge is -2.15. The number of benzene rings is 1. The fourth-order valence-corrected chi connectivity index (χ4v) is 2.11. The molecule has 144 valence electrons. The van der Waals surface area contributed by atoms with Gasteiger partial charge in [0.05, 0.1) is 12.6 Å². The number of fused-ring (bicyclic) bond motifs is 1. The first-order chi connectivity index (χ1) is 11.9. The molecule has 2 rings (SSSR count). The van der Waals surface area contributed by atoms with E-state index in [1.54, 1.807) is 25.1 Å². The zero-order chi connectivity index (χ0) is 19.5. The summed E-state index contributed by atoms with van der Waals surface area (Å²) >= 11 is 0. The van der Waals surface area contributed by atoms with E-state index in [0.717, 1.165) is 0 Å². The highest BCUT2D eigenvalue weighted by Crippen LogP contribution is 2.27. The lowest BCUT2D eigenvalue weighted by Crippen LogP contribution is -2.39. The van der Waals surface area contributed by atoms with E-state index in [4.69, 9.17) is 4.42 Å². The summed E-state index contributed by atoms with van der Waals surface area (Å²) in [6.45, 7) is 5.89. The number of oxazole rings is 1. The number of nitrogens with one attached hydrogen (secondary N) is 2. The van der Waals surface area contributed by atoms with Crippen molar-refractivity contribution in [3.8, 4) is 0 Å². The highest BCUT2D eigenvalue weighted by Gasteiger charge is 2.27. The van der Waals surface area contributed by atoms with E-state index in [9.17, 15) is 18.0 Å². The Balaban J connectivity index is 1.92. The zero-order valence-corrected chi connectivity index (χ0v) is 15.0. The van der Waals surface area contributed by atoms with Crippen LogP contribution in [0.15, 0.2) is 22.6 Å². The molecule has 0 saturated carbocycles. The van der Waals surface area contributed by atoms with Gasteiger partial charge in [0.25, 0.3) is 0 Å². The number of urea groups is 1. The molecule has 0 fully saturated rings. The molecule has 26 heavy (non-hydrogen) atoms. The van der Waals surface area contributed by atoms with Crippen LogP contribution >= 0.6 is 0 Å². The minimum Gasteiger partial charge on any atom is -0.440 e. The van der Waals surface area contributed by atoms with Gasteiger partial charge in [-0.15, -0.1) is 0 Å². The van der Waals surface area contributed by atoms with Gasteiger partial charge in [-0.25, -0.2) is 9.78 Å². The topological polar surface area (TPSA) is 76.4 Å². The number of hydrogen-bond donors (Lipinski definition) is 2. The molecule has 0 aliphatic carbocycles. The molecule has 1 atom stereocenters. The van der Waals surface area contributed by atoms with Crippen LogP contribution in [0, 0.1) is 0 Å². The van der Waals surface area contributed by atoms with E-state index >= 15 is 0 Å². The monoisotopic (exact) mass is 373 g/mol. The standard InChI is InChI=1S/C17H22F3N3O3/c1-10(8-25-9-17(18,19)20)21-15(24)22-11-5-6-13-12(7-11)23-14(26-13)16(2,3)4/h5-7,10H,8-9H2,1-4H3,(H2,21,22,24). The van der Waals surface area contributed by atoms with Gasteiger partial charge in [-0.3, -0.25) is 0 Å². The minimum absolute atomic E-state index is 0.240. The molecule has 0 saturated heterocycles. The average Bonchev–Trinajstić information content (AvgIpc) is 2.88. The largest absolute Gasteiger partial charge is 0.440 e. The molecule has 1 unspecified atom stereocenters. The van der Waals surface area contributed by atoms with Crippen molar-refractivity contribution in [3.63, 3.8) is 0 Å². The van der Waals surface area contributed by atoms with Crippen LogP contribution in [0.5, 0.6) is 0 Å². The summed E-state index contributed by atoms with van der Waals surface area (Å²) in [5.41, 5.74) is 1.46. The van der Waals surface area contributed by atoms with Crippen molar-refractivity contribution in [3.05, 3.63) is 24.1 Å². The molecular formula is C17H22F3N3O3. The average molecular weight is 373 g/mol. The highest BCUT2D eigenvalue weighted by atomic mass is 19.4. The van der Waals surface area contributed by atoms with Crippen LogP contribution in [0.1, 0.15) is 33.6 Å². The molecule has 1 aromatic heterocycles. The molecule has 6 nitrogen and oxygen atoms in total. The molecule has 0 radical (unpaired) electrons. The number of ether oxygens (including phenoxy) is 1. The van der Waals surface area contributed by atoms with Gasteiger partial charge in [0, 0.05) is 11.1 Å². The minimum atomic E-state index is -4.39. The second-order valence-electron chi connectivity index (χ2n) is 7.08. The van der Waals surface area contributed by atoms with E-state index in [2.05, 4.69) is 20.4 Å². The van der Waals surface area contributed by atoms with Crippen molar-refractivity contribution in [2.75, 3.05) is 18.5 Å². The van der Waals surface area contributed by atoms with Crippen LogP contribution in [-0.4, -0.2) is 36.4 Å². The van der Waals surface area contributed by atoms with Gasteiger partial charge in [0.1, 0.15) is 12.1 Å². The Morgan fingerprint density at radius 1 is 1.31 bits per heavy atom. The molecule has 0 aliphatic heterocycles. The maximum atomic E-state index is 12.0. The molecule has 0 aliphatic rings. The Morgan fingerprint density at radius 2 is 2.00 bits per heavy atom. The number of halogens is 3. The summed E-state index contributed by atoms with van der Waals surface area (Å²) in [5.74, 6) is 0.588. The molecule has 2 N–H and O–H groups in total. The summed E-state index contributed by atoms with van der Waals surface area (Å²) in [6, 6.07) is 3.89. The van der Waals surface area contributed by atoms with Crippen molar-refractivity contribution < 1.29 is 27.1 Å². The van der Waals surface area contributed by atoms with Gasteiger partial charge >= 0.3 is 12.2 Å². The van der Waals surface area contributed by atoms with Crippen molar-refractivity contribution in [2.24, 2.45) is 0 Å². The zero-order valence-electron chi connectivity index (χ0n) is 15.0. The maximum absolute atomic E-state index is 12.0. The summed E-state index contributed by atoms with van der Waals surface area (Å²) in [6.07, 6.45) is -4.39. The number of carbonyl (C=O) groups excluding carboxylic acids is 1. The maximum Gasteiger partial charge on any atom is 0.411 e. The van der Waals surface area contributed by atoms with Crippen LogP contribution < -0.4 is 10.6 Å². The van der Waals surface area contributed by atoms with E-state index in [0.29, 0.717) is 22.7 Å². The van der Waals surface area contributed by atoms with Gasteiger partial charge in [0.2, 0.25) is 5.89 Å². The smallest absolute Gasteiger partial charge is 0.411 e. The molecule has 2 aromatic rings. The number of rotatable bonds is 5. The number of anilines is 1. The molecule has 2 amide bonds. The quantitative estimate of drug-likeness (QED) is 0.823. The van der Waals surface area contributed by atoms with Crippen LogP contribution in [0.2, 0.25) is 0 Å². The fourth-order valence-electron chi connectivity index (χ4n) is 2.11. The molecule has 0 spiro atoms. The third-order valence-electron chi connectivity index (χ3n) is 3.30. The van der Waals surface area contributed by atoms with Crippen LogP contribution in [0.4, 0.5) is 23.7 Å². The van der Waals surface area contributed by atoms with Crippen molar-refractivity contribution >= 4 is 22.8 Å². The van der Waals surface area contributed by atoms with Gasteiger partial charge in [-0.05, 0) is 25.1 Å². The van der Waals surface area contributed by atoms with Crippen molar-refractivity contribution in [1.82, 2.24) is 10.3 Å². The number of hydrogen-bond acceptors (Lipinski definition) is 4. The fraction of sp³-hybridized carbons (Fsp3) is 0.529. The van der Waals surface area contributed by atoms with Gasteiger partial charge in [0.15, 0.2) is 5.58 Å². The van der Waals surface area contributed by atoms with Crippen molar-refractivity contribution in [1.29, 1.82) is 0 Å².